The summed E-state index contributed by atoms with van der Waals surface area (Å²) in [4.78, 5) is 21.3. The standard InChI is InChI=1S/C19H23N3O2/c1-18-8-21-10-19(2,17(18)23)11-22(9-18)16(21)15-7-12-6-13(24-3)4-5-14(12)20-15/h4-7,16,20H,8-11H2,1-3H3. The molecule has 1 aromatic heterocycles. The van der Waals surface area contributed by atoms with Crippen molar-refractivity contribution in [3.05, 3.63) is 30.0 Å². The average molecular weight is 325 g/mol. The van der Waals surface area contributed by atoms with Crippen LogP contribution in [0.15, 0.2) is 24.3 Å². The zero-order valence-corrected chi connectivity index (χ0v) is 14.4. The lowest BCUT2D eigenvalue weighted by Gasteiger charge is -2.64. The fourth-order valence-corrected chi connectivity index (χ4v) is 5.39. The maximum absolute atomic E-state index is 12.8. The highest BCUT2D eigenvalue weighted by Gasteiger charge is 2.62. The molecule has 1 aromatic carbocycles. The van der Waals surface area contributed by atoms with E-state index >= 15 is 0 Å². The third-order valence-electron chi connectivity index (χ3n) is 6.12. The first kappa shape index (κ1) is 14.5. The second-order valence-corrected chi connectivity index (χ2v) is 8.31. The van der Waals surface area contributed by atoms with Gasteiger partial charge in [0.25, 0.3) is 0 Å². The minimum absolute atomic E-state index is 0.211. The van der Waals surface area contributed by atoms with E-state index in [1.807, 2.05) is 6.07 Å². The fraction of sp³-hybridized carbons (Fsp3) is 0.526. The lowest BCUT2D eigenvalue weighted by atomic mass is 9.62. The van der Waals surface area contributed by atoms with E-state index in [0.717, 1.165) is 37.4 Å². The van der Waals surface area contributed by atoms with Crippen LogP contribution >= 0.6 is 0 Å². The van der Waals surface area contributed by atoms with Gasteiger partial charge in [-0.3, -0.25) is 14.6 Å². The molecule has 0 atom stereocenters. The molecule has 4 aliphatic rings. The van der Waals surface area contributed by atoms with Crippen LogP contribution in [0, 0.1) is 10.8 Å². The van der Waals surface area contributed by atoms with E-state index in [-0.39, 0.29) is 17.0 Å². The van der Waals surface area contributed by atoms with Crippen molar-refractivity contribution in [3.63, 3.8) is 0 Å². The summed E-state index contributed by atoms with van der Waals surface area (Å²) >= 11 is 0. The number of piperidine rings is 2. The molecule has 0 spiro atoms. The predicted molar refractivity (Wildman–Crippen MR) is 92.0 cm³/mol. The number of nitrogens with one attached hydrogen (secondary N) is 1. The molecule has 0 aliphatic carbocycles. The molecule has 4 fully saturated rings. The number of carbonyl (C=O) groups excluding carboxylic acids is 1. The Morgan fingerprint density at radius 2 is 1.71 bits per heavy atom. The molecule has 5 heterocycles. The average Bonchev–Trinajstić information content (AvgIpc) is 2.93. The highest BCUT2D eigenvalue weighted by atomic mass is 16.5. The zero-order valence-electron chi connectivity index (χ0n) is 14.4. The van der Waals surface area contributed by atoms with Gasteiger partial charge in [0.1, 0.15) is 17.7 Å². The molecule has 1 N–H and O–H groups in total. The van der Waals surface area contributed by atoms with Crippen molar-refractivity contribution in [1.82, 2.24) is 14.8 Å². The summed E-state index contributed by atoms with van der Waals surface area (Å²) in [7, 11) is 1.70. The van der Waals surface area contributed by atoms with Gasteiger partial charge >= 0.3 is 0 Å². The Kier molecular flexibility index (Phi) is 2.66. The van der Waals surface area contributed by atoms with Gasteiger partial charge in [-0.25, -0.2) is 0 Å². The second-order valence-electron chi connectivity index (χ2n) is 8.31. The van der Waals surface area contributed by atoms with Gasteiger partial charge < -0.3 is 9.72 Å². The molecule has 0 radical (unpaired) electrons. The van der Waals surface area contributed by atoms with Crippen LogP contribution in [0.3, 0.4) is 0 Å². The topological polar surface area (TPSA) is 48.6 Å². The van der Waals surface area contributed by atoms with Crippen LogP contribution in [0.25, 0.3) is 10.9 Å². The van der Waals surface area contributed by atoms with Gasteiger partial charge in [-0.1, -0.05) is 13.8 Å². The first-order chi connectivity index (χ1) is 11.4. The number of H-pyrrole nitrogens is 1. The Hall–Kier alpha value is -1.85. The van der Waals surface area contributed by atoms with Crippen molar-refractivity contribution in [3.8, 4) is 5.75 Å². The lowest BCUT2D eigenvalue weighted by molar-refractivity contribution is -0.197. The third kappa shape index (κ3) is 1.74. The molecule has 4 bridgehead atoms. The summed E-state index contributed by atoms with van der Waals surface area (Å²) in [6.45, 7) is 7.72. The van der Waals surface area contributed by atoms with E-state index in [1.165, 1.54) is 11.1 Å². The number of aromatic amines is 1. The molecule has 0 unspecified atom stereocenters. The number of benzene rings is 1. The molecular weight excluding hydrogens is 302 g/mol. The van der Waals surface area contributed by atoms with Crippen molar-refractivity contribution in [2.75, 3.05) is 33.3 Å². The third-order valence-corrected chi connectivity index (χ3v) is 6.12. The van der Waals surface area contributed by atoms with Crippen molar-refractivity contribution >= 4 is 16.7 Å². The van der Waals surface area contributed by atoms with Gasteiger partial charge in [0.15, 0.2) is 0 Å². The Bertz CT molecular complexity index is 815. The molecule has 5 nitrogen and oxygen atoms in total. The normalized spacial score (nSPS) is 40.5. The molecule has 2 aromatic rings. The van der Waals surface area contributed by atoms with E-state index in [9.17, 15) is 4.79 Å². The summed E-state index contributed by atoms with van der Waals surface area (Å²) in [6.07, 6.45) is 0.248. The van der Waals surface area contributed by atoms with Crippen LogP contribution in [0.1, 0.15) is 25.7 Å². The van der Waals surface area contributed by atoms with Gasteiger partial charge in [-0.05, 0) is 24.3 Å². The number of rotatable bonds is 2. The molecule has 126 valence electrons. The summed E-state index contributed by atoms with van der Waals surface area (Å²) in [5, 5.41) is 1.18. The number of ether oxygens (including phenoxy) is 1. The number of ketones is 1. The Morgan fingerprint density at radius 1 is 1.08 bits per heavy atom. The maximum atomic E-state index is 12.8. The molecule has 4 aliphatic heterocycles. The van der Waals surface area contributed by atoms with Crippen molar-refractivity contribution in [2.24, 2.45) is 10.8 Å². The number of hydrogen-bond acceptors (Lipinski definition) is 4. The molecule has 6 rings (SSSR count). The number of carbonyl (C=O) groups is 1. The molecule has 5 heteroatoms. The van der Waals surface area contributed by atoms with Gasteiger partial charge in [-0.15, -0.1) is 0 Å². The van der Waals surface area contributed by atoms with Gasteiger partial charge in [0.05, 0.1) is 17.9 Å². The SMILES string of the molecule is COc1ccc2[nH]c(C3N4CC5(C)CN3CC(C)(C4)C5=O)cc2c1. The minimum atomic E-state index is -0.211. The van der Waals surface area contributed by atoms with E-state index in [1.54, 1.807) is 7.11 Å². The van der Waals surface area contributed by atoms with E-state index in [4.69, 9.17) is 4.74 Å². The predicted octanol–water partition coefficient (Wildman–Crippen LogP) is 2.40. The van der Waals surface area contributed by atoms with E-state index in [2.05, 4.69) is 46.8 Å². The zero-order chi connectivity index (χ0) is 16.7. The van der Waals surface area contributed by atoms with Crippen LogP contribution in [0.4, 0.5) is 0 Å². The van der Waals surface area contributed by atoms with Gasteiger partial charge in [0, 0.05) is 42.8 Å². The van der Waals surface area contributed by atoms with Crippen molar-refractivity contribution in [1.29, 1.82) is 0 Å². The van der Waals surface area contributed by atoms with Crippen LogP contribution in [0.5, 0.6) is 5.75 Å². The van der Waals surface area contributed by atoms with E-state index in [0.29, 0.717) is 5.78 Å². The Labute approximate surface area is 141 Å². The first-order valence-corrected chi connectivity index (χ1v) is 8.62. The molecule has 4 saturated heterocycles. The number of Topliss-reactive ketones (excluding diaryl/α,β-unsaturated/α-hetero) is 1. The largest absolute Gasteiger partial charge is 0.497 e. The van der Waals surface area contributed by atoms with Gasteiger partial charge in [0.2, 0.25) is 0 Å². The molecule has 24 heavy (non-hydrogen) atoms. The highest BCUT2D eigenvalue weighted by molar-refractivity contribution is 5.92. The number of aromatic nitrogens is 1. The second kappa shape index (κ2) is 4.41. The van der Waals surface area contributed by atoms with Crippen LogP contribution in [0.2, 0.25) is 0 Å². The summed E-state index contributed by atoms with van der Waals surface area (Å²) in [5.74, 6) is 1.34. The maximum Gasteiger partial charge on any atom is 0.149 e. The minimum Gasteiger partial charge on any atom is -0.497 e. The van der Waals surface area contributed by atoms with Crippen LogP contribution < -0.4 is 4.74 Å². The van der Waals surface area contributed by atoms with Crippen molar-refractivity contribution < 1.29 is 9.53 Å². The lowest BCUT2D eigenvalue weighted by Crippen LogP contribution is -2.75. The Morgan fingerprint density at radius 3 is 2.29 bits per heavy atom. The summed E-state index contributed by atoms with van der Waals surface area (Å²) in [5.41, 5.74) is 1.93. The van der Waals surface area contributed by atoms with Crippen LogP contribution in [-0.4, -0.2) is 53.9 Å². The quantitative estimate of drug-likeness (QED) is 0.921. The van der Waals surface area contributed by atoms with Crippen LogP contribution in [-0.2, 0) is 4.79 Å². The van der Waals surface area contributed by atoms with E-state index < -0.39 is 0 Å². The molecular formula is C19H23N3O2. The van der Waals surface area contributed by atoms with Gasteiger partial charge in [-0.2, -0.15) is 0 Å². The van der Waals surface area contributed by atoms with Crippen molar-refractivity contribution in [2.45, 2.75) is 20.0 Å². The monoisotopic (exact) mass is 325 g/mol. The number of nitrogens with zero attached hydrogens (tertiary/aromatic N) is 2. The Balaban J connectivity index is 1.56. The number of hydrogen-bond donors (Lipinski definition) is 1. The summed E-state index contributed by atoms with van der Waals surface area (Å²) < 4.78 is 5.34. The fourth-order valence-electron chi connectivity index (χ4n) is 5.39. The number of fused-ring (bicyclic) bond motifs is 1. The number of methoxy groups -OCH3 is 1. The summed E-state index contributed by atoms with van der Waals surface area (Å²) in [6, 6.07) is 8.37. The smallest absolute Gasteiger partial charge is 0.149 e. The highest BCUT2D eigenvalue weighted by Crippen LogP contribution is 2.52. The first-order valence-electron chi connectivity index (χ1n) is 8.62. The molecule has 0 saturated carbocycles. The molecule has 0 amide bonds.